The Labute approximate surface area is 159 Å². The third kappa shape index (κ3) is 3.39. The van der Waals surface area contributed by atoms with Crippen LogP contribution in [0.3, 0.4) is 0 Å². The van der Waals surface area contributed by atoms with Gasteiger partial charge in [-0.1, -0.05) is 18.2 Å². The lowest BCUT2D eigenvalue weighted by Gasteiger charge is -2.11. The van der Waals surface area contributed by atoms with Crippen molar-refractivity contribution < 1.29 is 4.79 Å². The van der Waals surface area contributed by atoms with Crippen molar-refractivity contribution in [2.45, 2.75) is 13.5 Å². The van der Waals surface area contributed by atoms with Crippen LogP contribution in [0.25, 0.3) is 16.6 Å². The van der Waals surface area contributed by atoms with Crippen molar-refractivity contribution in [3.63, 3.8) is 0 Å². The summed E-state index contributed by atoms with van der Waals surface area (Å²) in [5, 5.41) is 5.45. The maximum Gasteiger partial charge on any atom is 0.265 e. The molecule has 0 aliphatic rings. The van der Waals surface area contributed by atoms with Crippen LogP contribution in [-0.2, 0) is 6.54 Å². The van der Waals surface area contributed by atoms with Crippen LogP contribution in [0.15, 0.2) is 70.8 Å². The first-order chi connectivity index (χ1) is 13.1. The zero-order chi connectivity index (χ0) is 18.8. The second-order valence-electron chi connectivity index (χ2n) is 6.13. The summed E-state index contributed by atoms with van der Waals surface area (Å²) >= 11 is 1.60. The summed E-state index contributed by atoms with van der Waals surface area (Å²) in [5.74, 6) is 0.462. The SMILES string of the molecule is Cc1nc2ccccc2c(=O)n1-c1ccc(C(=O)NCc2cccs2)cc1. The standard InChI is InChI=1S/C21H17N3O2S/c1-14-23-19-7-3-2-6-18(19)21(26)24(14)16-10-8-15(9-11-16)20(25)22-13-17-5-4-12-27-17/h2-12H,13H2,1H3,(H,22,25). The Hall–Kier alpha value is -3.25. The number of amides is 1. The Bertz CT molecular complexity index is 1160. The van der Waals surface area contributed by atoms with E-state index in [1.165, 1.54) is 0 Å². The van der Waals surface area contributed by atoms with E-state index in [1.807, 2.05) is 35.7 Å². The topological polar surface area (TPSA) is 64.0 Å². The Morgan fingerprint density at radius 3 is 2.59 bits per heavy atom. The molecular formula is C21H17N3O2S. The van der Waals surface area contributed by atoms with Gasteiger partial charge in [-0.25, -0.2) is 4.98 Å². The fraction of sp³-hybridized carbons (Fsp3) is 0.0952. The van der Waals surface area contributed by atoms with Gasteiger partial charge in [0.2, 0.25) is 0 Å². The summed E-state index contributed by atoms with van der Waals surface area (Å²) in [6.07, 6.45) is 0. The first kappa shape index (κ1) is 17.2. The minimum atomic E-state index is -0.143. The highest BCUT2D eigenvalue weighted by molar-refractivity contribution is 7.09. The molecule has 0 saturated carbocycles. The van der Waals surface area contributed by atoms with Gasteiger partial charge in [-0.15, -0.1) is 11.3 Å². The second-order valence-corrected chi connectivity index (χ2v) is 7.16. The Morgan fingerprint density at radius 1 is 1.07 bits per heavy atom. The predicted octanol–water partition coefficient (Wildman–Crippen LogP) is 3.69. The van der Waals surface area contributed by atoms with Gasteiger partial charge >= 0.3 is 0 Å². The minimum absolute atomic E-state index is 0.118. The van der Waals surface area contributed by atoms with E-state index in [2.05, 4.69) is 10.3 Å². The summed E-state index contributed by atoms with van der Waals surface area (Å²) in [4.78, 5) is 30.8. The van der Waals surface area contributed by atoms with Gasteiger partial charge in [0, 0.05) is 10.4 Å². The molecule has 0 saturated heterocycles. The number of carbonyl (C=O) groups excluding carboxylic acids is 1. The van der Waals surface area contributed by atoms with Crippen LogP contribution in [0.1, 0.15) is 21.1 Å². The summed E-state index contributed by atoms with van der Waals surface area (Å²) < 4.78 is 1.57. The lowest BCUT2D eigenvalue weighted by Crippen LogP contribution is -2.23. The maximum absolute atomic E-state index is 12.8. The van der Waals surface area contributed by atoms with E-state index in [0.717, 1.165) is 4.88 Å². The number of para-hydroxylation sites is 1. The number of nitrogens with zero attached hydrogens (tertiary/aromatic N) is 2. The van der Waals surface area contributed by atoms with Crippen molar-refractivity contribution in [1.82, 2.24) is 14.9 Å². The van der Waals surface area contributed by atoms with Crippen molar-refractivity contribution in [2.75, 3.05) is 0 Å². The van der Waals surface area contributed by atoms with Crippen molar-refractivity contribution in [3.05, 3.63) is 92.7 Å². The van der Waals surface area contributed by atoms with E-state index < -0.39 is 0 Å². The van der Waals surface area contributed by atoms with E-state index in [4.69, 9.17) is 0 Å². The van der Waals surface area contributed by atoms with Gasteiger partial charge in [0.1, 0.15) is 5.82 Å². The van der Waals surface area contributed by atoms with Gasteiger partial charge in [-0.3, -0.25) is 14.2 Å². The van der Waals surface area contributed by atoms with Crippen LogP contribution >= 0.6 is 11.3 Å². The van der Waals surface area contributed by atoms with E-state index in [0.29, 0.717) is 34.5 Å². The Morgan fingerprint density at radius 2 is 1.85 bits per heavy atom. The average Bonchev–Trinajstić information content (AvgIpc) is 3.20. The molecule has 0 aliphatic carbocycles. The smallest absolute Gasteiger partial charge is 0.265 e. The molecule has 0 fully saturated rings. The number of fused-ring (bicyclic) bond motifs is 1. The Balaban J connectivity index is 1.62. The molecule has 1 amide bonds. The number of nitrogens with one attached hydrogen (secondary N) is 1. The third-order valence-corrected chi connectivity index (χ3v) is 5.21. The van der Waals surface area contributed by atoms with Crippen molar-refractivity contribution in [2.24, 2.45) is 0 Å². The largest absolute Gasteiger partial charge is 0.347 e. The highest BCUT2D eigenvalue weighted by Crippen LogP contribution is 2.14. The molecule has 4 aromatic rings. The number of carbonyl (C=O) groups is 1. The molecule has 27 heavy (non-hydrogen) atoms. The highest BCUT2D eigenvalue weighted by atomic mass is 32.1. The molecule has 0 aliphatic heterocycles. The molecule has 134 valence electrons. The van der Waals surface area contributed by atoms with Crippen molar-refractivity contribution in [1.29, 1.82) is 0 Å². The summed E-state index contributed by atoms with van der Waals surface area (Å²) in [7, 11) is 0. The monoisotopic (exact) mass is 375 g/mol. The first-order valence-electron chi connectivity index (χ1n) is 8.53. The molecule has 5 nitrogen and oxygen atoms in total. The lowest BCUT2D eigenvalue weighted by atomic mass is 10.2. The molecule has 1 N–H and O–H groups in total. The molecule has 4 rings (SSSR count). The van der Waals surface area contributed by atoms with E-state index >= 15 is 0 Å². The van der Waals surface area contributed by atoms with Gasteiger partial charge in [-0.2, -0.15) is 0 Å². The molecule has 2 heterocycles. The number of rotatable bonds is 4. The van der Waals surface area contributed by atoms with Crippen LogP contribution in [-0.4, -0.2) is 15.5 Å². The number of hydrogen-bond donors (Lipinski definition) is 1. The number of aryl methyl sites for hydroxylation is 1. The molecule has 2 aromatic heterocycles. The molecule has 2 aromatic carbocycles. The summed E-state index contributed by atoms with van der Waals surface area (Å²) in [5.41, 5.74) is 1.80. The van der Waals surface area contributed by atoms with Crippen LogP contribution in [0.2, 0.25) is 0 Å². The van der Waals surface area contributed by atoms with Gasteiger partial charge in [0.25, 0.3) is 11.5 Å². The quantitative estimate of drug-likeness (QED) is 0.592. The van der Waals surface area contributed by atoms with E-state index in [1.54, 1.807) is 53.2 Å². The van der Waals surface area contributed by atoms with Gasteiger partial charge < -0.3 is 5.32 Å². The van der Waals surface area contributed by atoms with Crippen LogP contribution < -0.4 is 10.9 Å². The number of hydrogen-bond acceptors (Lipinski definition) is 4. The van der Waals surface area contributed by atoms with Gasteiger partial charge in [0.15, 0.2) is 0 Å². The van der Waals surface area contributed by atoms with Crippen LogP contribution in [0.4, 0.5) is 0 Å². The number of aromatic nitrogens is 2. The van der Waals surface area contributed by atoms with Crippen molar-refractivity contribution >= 4 is 28.1 Å². The van der Waals surface area contributed by atoms with Crippen LogP contribution in [0, 0.1) is 6.92 Å². The van der Waals surface area contributed by atoms with Gasteiger partial charge in [0.05, 0.1) is 23.1 Å². The maximum atomic E-state index is 12.8. The highest BCUT2D eigenvalue weighted by Gasteiger charge is 2.11. The molecular weight excluding hydrogens is 358 g/mol. The molecule has 0 atom stereocenters. The third-order valence-electron chi connectivity index (χ3n) is 4.33. The van der Waals surface area contributed by atoms with E-state index in [-0.39, 0.29) is 11.5 Å². The molecule has 0 unspecified atom stereocenters. The number of thiophene rings is 1. The molecule has 0 radical (unpaired) electrons. The van der Waals surface area contributed by atoms with Crippen LogP contribution in [0.5, 0.6) is 0 Å². The minimum Gasteiger partial charge on any atom is -0.347 e. The summed E-state index contributed by atoms with van der Waals surface area (Å²) in [6, 6.07) is 18.2. The van der Waals surface area contributed by atoms with Crippen molar-refractivity contribution in [3.8, 4) is 5.69 Å². The number of benzene rings is 2. The second kappa shape index (κ2) is 7.17. The average molecular weight is 375 g/mol. The zero-order valence-corrected chi connectivity index (χ0v) is 15.5. The molecule has 0 bridgehead atoms. The zero-order valence-electron chi connectivity index (χ0n) is 14.7. The fourth-order valence-electron chi connectivity index (χ4n) is 2.99. The molecule has 6 heteroatoms. The fourth-order valence-corrected chi connectivity index (χ4v) is 3.64. The first-order valence-corrected chi connectivity index (χ1v) is 9.41. The Kier molecular flexibility index (Phi) is 4.56. The van der Waals surface area contributed by atoms with E-state index in [9.17, 15) is 9.59 Å². The lowest BCUT2D eigenvalue weighted by molar-refractivity contribution is 0.0951. The summed E-state index contributed by atoms with van der Waals surface area (Å²) in [6.45, 7) is 2.31. The normalized spacial score (nSPS) is 10.9. The predicted molar refractivity (Wildman–Crippen MR) is 108 cm³/mol. The molecule has 0 spiro atoms. The van der Waals surface area contributed by atoms with Gasteiger partial charge in [-0.05, 0) is 54.8 Å².